The summed E-state index contributed by atoms with van der Waals surface area (Å²) in [5.74, 6) is 0. The molecule has 5 heteroatoms. The second-order valence-corrected chi connectivity index (χ2v) is 3.63. The molecule has 0 amide bonds. The molecular weight excluding hydrogens is 202 g/mol. The van der Waals surface area contributed by atoms with Gasteiger partial charge in [0.1, 0.15) is 6.29 Å². The molecule has 4 nitrogen and oxygen atoms in total. The van der Waals surface area contributed by atoms with Crippen LogP contribution in [0.2, 0.25) is 0 Å². The summed E-state index contributed by atoms with van der Waals surface area (Å²) in [7, 11) is 0. The minimum Gasteiger partial charge on any atom is -0.302 e. The first-order chi connectivity index (χ1) is 6.83. The summed E-state index contributed by atoms with van der Waals surface area (Å²) in [6.45, 7) is 0. The van der Waals surface area contributed by atoms with E-state index in [1.54, 1.807) is 6.20 Å². The van der Waals surface area contributed by atoms with E-state index >= 15 is 0 Å². The number of hydrogen-bond acceptors (Lipinski definition) is 4. The van der Waals surface area contributed by atoms with E-state index in [0.29, 0.717) is 0 Å². The van der Waals surface area contributed by atoms with Crippen LogP contribution in [0.4, 0.5) is 0 Å². The Labute approximate surface area is 86.6 Å². The van der Waals surface area contributed by atoms with Crippen molar-refractivity contribution in [1.82, 2.24) is 15.8 Å². The smallest absolute Gasteiger partial charge is 0.139 e. The number of nitrogens with zero attached hydrogens (tertiary/aromatic N) is 1. The molecule has 0 radical (unpaired) electrons. The van der Waals surface area contributed by atoms with E-state index in [9.17, 15) is 4.79 Å². The molecule has 1 saturated heterocycles. The Morgan fingerprint density at radius 3 is 2.86 bits per heavy atom. The van der Waals surface area contributed by atoms with Gasteiger partial charge in [0, 0.05) is 6.20 Å². The Kier molecular flexibility index (Phi) is 2.77. The minimum atomic E-state index is -0.358. The van der Waals surface area contributed by atoms with Crippen molar-refractivity contribution in [2.24, 2.45) is 0 Å². The zero-order valence-electron chi connectivity index (χ0n) is 7.35. The summed E-state index contributed by atoms with van der Waals surface area (Å²) in [6, 6.07) is 5.13. The van der Waals surface area contributed by atoms with E-state index in [2.05, 4.69) is 15.8 Å². The summed E-state index contributed by atoms with van der Waals surface area (Å²) in [4.78, 5) is 14.8. The van der Waals surface area contributed by atoms with Crippen LogP contribution >= 0.6 is 11.6 Å². The van der Waals surface area contributed by atoms with Gasteiger partial charge in [-0.3, -0.25) is 4.98 Å². The van der Waals surface area contributed by atoms with Gasteiger partial charge in [-0.25, -0.2) is 10.9 Å². The molecule has 0 bridgehead atoms. The van der Waals surface area contributed by atoms with Gasteiger partial charge >= 0.3 is 0 Å². The van der Waals surface area contributed by atoms with Gasteiger partial charge in [-0.15, -0.1) is 11.6 Å². The van der Waals surface area contributed by atoms with Crippen molar-refractivity contribution in [3.63, 3.8) is 0 Å². The first-order valence-corrected chi connectivity index (χ1v) is 4.78. The molecular formula is C9H10ClN3O. The number of hydrazine groups is 1. The fourth-order valence-corrected chi connectivity index (χ4v) is 1.77. The van der Waals surface area contributed by atoms with E-state index in [0.717, 1.165) is 12.0 Å². The first kappa shape index (κ1) is 9.58. The quantitative estimate of drug-likeness (QED) is 0.550. The number of pyridine rings is 1. The maximum Gasteiger partial charge on any atom is 0.139 e. The van der Waals surface area contributed by atoms with Gasteiger partial charge in [-0.05, 0) is 12.1 Å². The van der Waals surface area contributed by atoms with Crippen LogP contribution in [0, 0.1) is 0 Å². The van der Waals surface area contributed by atoms with Crippen LogP contribution in [-0.2, 0) is 4.79 Å². The summed E-state index contributed by atoms with van der Waals surface area (Å²) in [5.41, 5.74) is 6.60. The van der Waals surface area contributed by atoms with Crippen LogP contribution in [0.5, 0.6) is 0 Å². The molecule has 0 spiro atoms. The molecule has 0 aliphatic carbocycles. The number of carbonyl (C=O) groups excluding carboxylic acids is 1. The topological polar surface area (TPSA) is 54.0 Å². The molecule has 0 aromatic carbocycles. The summed E-state index contributed by atoms with van der Waals surface area (Å²) >= 11 is 6.08. The highest BCUT2D eigenvalue weighted by Crippen LogP contribution is 2.24. The zero-order valence-corrected chi connectivity index (χ0v) is 8.11. The number of aldehydes is 1. The van der Waals surface area contributed by atoms with Crippen molar-refractivity contribution < 1.29 is 4.79 Å². The van der Waals surface area contributed by atoms with Crippen LogP contribution in [0.15, 0.2) is 24.4 Å². The van der Waals surface area contributed by atoms with Crippen molar-refractivity contribution in [3.05, 3.63) is 30.1 Å². The highest BCUT2D eigenvalue weighted by molar-refractivity contribution is 6.22. The van der Waals surface area contributed by atoms with E-state index in [1.807, 2.05) is 18.2 Å². The summed E-state index contributed by atoms with van der Waals surface area (Å²) in [5, 5.41) is -0.303. The molecule has 14 heavy (non-hydrogen) atoms. The lowest BCUT2D eigenvalue weighted by molar-refractivity contribution is -0.109. The fraction of sp³-hybridized carbons (Fsp3) is 0.333. The SMILES string of the molecule is O=CC1NNC(c2ccccn2)C1Cl. The summed E-state index contributed by atoms with van der Waals surface area (Å²) < 4.78 is 0. The standard InChI is InChI=1S/C9H10ClN3O/c10-8-7(5-14)12-13-9(8)6-3-1-2-4-11-6/h1-5,7-9,12-13H. The number of hydrogen-bond donors (Lipinski definition) is 2. The van der Waals surface area contributed by atoms with E-state index in [-0.39, 0.29) is 17.5 Å². The third-order valence-corrected chi connectivity index (χ3v) is 2.74. The minimum absolute atomic E-state index is 0.118. The van der Waals surface area contributed by atoms with Crippen LogP contribution in [0.1, 0.15) is 11.7 Å². The predicted octanol–water partition coefficient (Wildman–Crippen LogP) is 0.405. The lowest BCUT2D eigenvalue weighted by Crippen LogP contribution is -2.33. The highest BCUT2D eigenvalue weighted by atomic mass is 35.5. The zero-order chi connectivity index (χ0) is 9.97. The molecule has 0 saturated carbocycles. The third-order valence-electron chi connectivity index (χ3n) is 2.22. The van der Waals surface area contributed by atoms with Crippen molar-refractivity contribution in [2.45, 2.75) is 17.5 Å². The molecule has 1 aromatic heterocycles. The molecule has 1 fully saturated rings. The average Bonchev–Trinajstić information content (AvgIpc) is 2.61. The Morgan fingerprint density at radius 2 is 2.29 bits per heavy atom. The maximum atomic E-state index is 10.6. The fourth-order valence-electron chi connectivity index (χ4n) is 1.46. The molecule has 1 aromatic rings. The molecule has 3 unspecified atom stereocenters. The molecule has 2 rings (SSSR count). The van der Waals surface area contributed by atoms with Crippen LogP contribution in [0.25, 0.3) is 0 Å². The number of alkyl halides is 1. The van der Waals surface area contributed by atoms with Crippen molar-refractivity contribution in [1.29, 1.82) is 0 Å². The Morgan fingerprint density at radius 1 is 1.43 bits per heavy atom. The second-order valence-electron chi connectivity index (χ2n) is 3.13. The maximum absolute atomic E-state index is 10.6. The van der Waals surface area contributed by atoms with Crippen molar-refractivity contribution in [3.8, 4) is 0 Å². The second kappa shape index (κ2) is 4.04. The van der Waals surface area contributed by atoms with Crippen LogP contribution in [0.3, 0.4) is 0 Å². The Bertz CT molecular complexity index is 319. The number of halogens is 1. The van der Waals surface area contributed by atoms with Crippen LogP contribution < -0.4 is 10.9 Å². The van der Waals surface area contributed by atoms with E-state index in [4.69, 9.17) is 11.6 Å². The van der Waals surface area contributed by atoms with Gasteiger partial charge in [0.2, 0.25) is 0 Å². The van der Waals surface area contributed by atoms with Gasteiger partial charge in [0.15, 0.2) is 0 Å². The molecule has 3 atom stereocenters. The molecule has 2 heterocycles. The van der Waals surface area contributed by atoms with Gasteiger partial charge < -0.3 is 4.79 Å². The van der Waals surface area contributed by atoms with Crippen molar-refractivity contribution in [2.75, 3.05) is 0 Å². The van der Waals surface area contributed by atoms with Crippen LogP contribution in [-0.4, -0.2) is 22.7 Å². The number of aromatic nitrogens is 1. The number of carbonyl (C=O) groups is 1. The molecule has 1 aliphatic rings. The van der Waals surface area contributed by atoms with E-state index < -0.39 is 0 Å². The lowest BCUT2D eigenvalue weighted by Gasteiger charge is -2.12. The van der Waals surface area contributed by atoms with Gasteiger partial charge in [0.25, 0.3) is 0 Å². The molecule has 74 valence electrons. The predicted molar refractivity (Wildman–Crippen MR) is 52.7 cm³/mol. The monoisotopic (exact) mass is 211 g/mol. The van der Waals surface area contributed by atoms with Gasteiger partial charge in [0.05, 0.1) is 23.2 Å². The first-order valence-electron chi connectivity index (χ1n) is 4.34. The largest absolute Gasteiger partial charge is 0.302 e. The Hall–Kier alpha value is -0.970. The van der Waals surface area contributed by atoms with Crippen molar-refractivity contribution >= 4 is 17.9 Å². The Balaban J connectivity index is 2.18. The molecule has 1 aliphatic heterocycles. The highest BCUT2D eigenvalue weighted by Gasteiger charge is 2.35. The summed E-state index contributed by atoms with van der Waals surface area (Å²) in [6.07, 6.45) is 2.50. The van der Waals surface area contributed by atoms with E-state index in [1.165, 1.54) is 0 Å². The lowest BCUT2D eigenvalue weighted by atomic mass is 10.1. The number of rotatable bonds is 2. The van der Waals surface area contributed by atoms with Gasteiger partial charge in [-0.1, -0.05) is 6.07 Å². The normalized spacial score (nSPS) is 31.6. The van der Waals surface area contributed by atoms with Gasteiger partial charge in [-0.2, -0.15) is 0 Å². The average molecular weight is 212 g/mol. The number of nitrogens with one attached hydrogen (secondary N) is 2. The third kappa shape index (κ3) is 1.64. The molecule has 2 N–H and O–H groups in total.